The zero-order valence-electron chi connectivity index (χ0n) is 46.3. The highest BCUT2D eigenvalue weighted by molar-refractivity contribution is 6.19. The molecule has 0 amide bonds. The van der Waals surface area contributed by atoms with Gasteiger partial charge < -0.3 is 8.83 Å². The Hall–Kier alpha value is -8.74. The third-order valence-corrected chi connectivity index (χ3v) is 16.5. The Labute approximate surface area is 457 Å². The van der Waals surface area contributed by atoms with Crippen molar-refractivity contribution in [2.45, 2.75) is 91.9 Å². The van der Waals surface area contributed by atoms with Crippen LogP contribution in [0.4, 0.5) is 34.4 Å². The van der Waals surface area contributed by atoms with E-state index in [1.54, 1.807) is 0 Å². The molecule has 0 bridgehead atoms. The molecule has 0 spiro atoms. The number of hydrogen-bond donors (Lipinski definition) is 0. The third-order valence-electron chi connectivity index (χ3n) is 16.5. The number of para-hydroxylation sites is 3. The highest BCUT2D eigenvalue weighted by Gasteiger charge is 2.43. The number of pyridine rings is 2. The molecule has 1 atom stereocenters. The van der Waals surface area contributed by atoms with E-state index in [0.717, 1.165) is 124 Å². The van der Waals surface area contributed by atoms with Crippen molar-refractivity contribution >= 4 is 78.3 Å². The minimum Gasteiger partial charge on any atom is -0.455 e. The van der Waals surface area contributed by atoms with Gasteiger partial charge in [-0.15, -0.1) is 0 Å². The monoisotopic (exact) mass is 1020 g/mol. The van der Waals surface area contributed by atoms with E-state index in [0.29, 0.717) is 0 Å². The van der Waals surface area contributed by atoms with Gasteiger partial charge in [-0.2, -0.15) is 0 Å². The van der Waals surface area contributed by atoms with E-state index in [4.69, 9.17) is 18.8 Å². The van der Waals surface area contributed by atoms with Crippen molar-refractivity contribution < 1.29 is 8.83 Å². The van der Waals surface area contributed by atoms with Crippen molar-refractivity contribution in [1.29, 1.82) is 0 Å². The van der Waals surface area contributed by atoms with Gasteiger partial charge in [0.15, 0.2) is 0 Å². The quantitative estimate of drug-likeness (QED) is 0.144. The lowest BCUT2D eigenvalue weighted by atomic mass is 9.77. The van der Waals surface area contributed by atoms with E-state index in [1.807, 2.05) is 18.5 Å². The number of nitrogens with zero attached hydrogens (tertiary/aromatic N) is 4. The molecule has 8 aromatic carbocycles. The lowest BCUT2D eigenvalue weighted by Crippen LogP contribution is -2.21. The average molecular weight is 1020 g/mol. The molecule has 0 radical (unpaired) electrons. The maximum absolute atomic E-state index is 7.29. The van der Waals surface area contributed by atoms with Gasteiger partial charge in [-0.25, -0.2) is 9.97 Å². The Morgan fingerprint density at radius 1 is 0.462 bits per heavy atom. The molecular formula is C72H64N4O2. The second-order valence-electron chi connectivity index (χ2n) is 23.7. The first-order valence-corrected chi connectivity index (χ1v) is 27.4. The molecule has 1 aliphatic carbocycles. The average Bonchev–Trinajstić information content (AvgIpc) is 4.29. The van der Waals surface area contributed by atoms with Crippen molar-refractivity contribution in [2.75, 3.05) is 9.80 Å². The first-order chi connectivity index (χ1) is 37.6. The Morgan fingerprint density at radius 3 is 1.64 bits per heavy atom. The number of aromatic nitrogens is 2. The maximum Gasteiger partial charge on any atom is 0.145 e. The standard InChI is InChI=1S/C72H64N4O2/c1-11-72(10)59-40-51(75(49-32-28-47(29-33-49)70(4,5)6)68-57(38-44(2)42-73-68)46-20-13-12-14-21-46)36-37-55(59)64-60(72)41-61(65-56-23-16-18-27-63(56)78-67(64)65)76(50-34-30-48(31-35-50)71(7,8)9)69-58(39-45(3)43-74-69)54-25-19-24-53-52-22-15-17-26-62(52)77-66(53)54/h12-43H,11H2,1-10H3. The van der Waals surface area contributed by atoms with Gasteiger partial charge in [0, 0.05) is 73.3 Å². The molecule has 0 N–H and O–H groups in total. The van der Waals surface area contributed by atoms with E-state index < -0.39 is 5.41 Å². The molecule has 4 aromatic heterocycles. The van der Waals surface area contributed by atoms with Crippen molar-refractivity contribution in [2.24, 2.45) is 0 Å². The Bertz CT molecular complexity index is 4300. The summed E-state index contributed by atoms with van der Waals surface area (Å²) in [6, 6.07) is 66.1. The molecule has 0 saturated heterocycles. The summed E-state index contributed by atoms with van der Waals surface area (Å²) in [5.74, 6) is 1.67. The predicted molar refractivity (Wildman–Crippen MR) is 326 cm³/mol. The summed E-state index contributed by atoms with van der Waals surface area (Å²) in [6.45, 7) is 22.6. The van der Waals surface area contributed by atoms with Crippen molar-refractivity contribution in [1.82, 2.24) is 9.97 Å². The van der Waals surface area contributed by atoms with Crippen LogP contribution >= 0.6 is 0 Å². The Kier molecular flexibility index (Phi) is 11.4. The van der Waals surface area contributed by atoms with Crippen LogP contribution in [0.1, 0.15) is 95.2 Å². The summed E-state index contributed by atoms with van der Waals surface area (Å²) in [7, 11) is 0. The van der Waals surface area contributed by atoms with Crippen molar-refractivity contribution in [3.05, 3.63) is 228 Å². The zero-order valence-corrected chi connectivity index (χ0v) is 46.3. The van der Waals surface area contributed by atoms with E-state index in [9.17, 15) is 0 Å². The van der Waals surface area contributed by atoms with Crippen LogP contribution in [0, 0.1) is 13.8 Å². The molecule has 0 aliphatic heterocycles. The molecule has 6 nitrogen and oxygen atoms in total. The topological polar surface area (TPSA) is 58.5 Å². The van der Waals surface area contributed by atoms with E-state index in [-0.39, 0.29) is 10.8 Å². The van der Waals surface area contributed by atoms with Crippen molar-refractivity contribution in [3.63, 3.8) is 0 Å². The van der Waals surface area contributed by atoms with E-state index >= 15 is 0 Å². The van der Waals surface area contributed by atoms with Crippen LogP contribution in [-0.4, -0.2) is 9.97 Å². The maximum atomic E-state index is 7.29. The van der Waals surface area contributed by atoms with Crippen LogP contribution in [0.5, 0.6) is 0 Å². The van der Waals surface area contributed by atoms with E-state index in [1.165, 1.54) is 27.8 Å². The van der Waals surface area contributed by atoms with Crippen molar-refractivity contribution in [3.8, 4) is 33.4 Å². The number of fused-ring (bicyclic) bond motifs is 10. The van der Waals surface area contributed by atoms with Gasteiger partial charge in [-0.3, -0.25) is 9.80 Å². The lowest BCUT2D eigenvalue weighted by Gasteiger charge is -2.32. The molecule has 4 heterocycles. The number of benzene rings is 8. The van der Waals surface area contributed by atoms with Gasteiger partial charge in [0.1, 0.15) is 34.0 Å². The second-order valence-corrected chi connectivity index (χ2v) is 23.7. The highest BCUT2D eigenvalue weighted by Crippen LogP contribution is 2.59. The first kappa shape index (κ1) is 48.9. The number of anilines is 6. The molecule has 384 valence electrons. The molecular weight excluding hydrogens is 953 g/mol. The zero-order chi connectivity index (χ0) is 53.8. The van der Waals surface area contributed by atoms with Crippen LogP contribution in [0.3, 0.4) is 0 Å². The predicted octanol–water partition coefficient (Wildman–Crippen LogP) is 20.5. The number of hydrogen-bond acceptors (Lipinski definition) is 6. The molecule has 0 saturated carbocycles. The fourth-order valence-electron chi connectivity index (χ4n) is 12.1. The molecule has 13 rings (SSSR count). The summed E-state index contributed by atoms with van der Waals surface area (Å²) in [5, 5.41) is 4.24. The minimum absolute atomic E-state index is 0.00504. The largest absolute Gasteiger partial charge is 0.455 e. The Morgan fingerprint density at radius 2 is 1.00 bits per heavy atom. The first-order valence-electron chi connectivity index (χ1n) is 27.4. The fourth-order valence-corrected chi connectivity index (χ4v) is 12.1. The van der Waals surface area contributed by atoms with Crippen LogP contribution < -0.4 is 9.80 Å². The number of furan rings is 2. The van der Waals surface area contributed by atoms with Crippen LogP contribution in [0.15, 0.2) is 203 Å². The van der Waals surface area contributed by atoms with Gasteiger partial charge in [0.05, 0.1) is 11.1 Å². The van der Waals surface area contributed by atoms with Gasteiger partial charge in [-0.05, 0) is 142 Å². The third kappa shape index (κ3) is 7.91. The fraction of sp³-hybridized carbons (Fsp3) is 0.194. The van der Waals surface area contributed by atoms with Gasteiger partial charge in [0.25, 0.3) is 0 Å². The molecule has 6 heteroatoms. The van der Waals surface area contributed by atoms with Crippen LogP contribution in [-0.2, 0) is 16.2 Å². The van der Waals surface area contributed by atoms with Crippen LogP contribution in [0.25, 0.3) is 77.3 Å². The smallest absolute Gasteiger partial charge is 0.145 e. The highest BCUT2D eigenvalue weighted by atomic mass is 16.3. The Balaban J connectivity index is 1.07. The summed E-state index contributed by atoms with van der Waals surface area (Å²) in [4.78, 5) is 15.5. The molecule has 1 unspecified atom stereocenters. The molecule has 12 aromatic rings. The van der Waals surface area contributed by atoms with Crippen LogP contribution in [0.2, 0.25) is 0 Å². The van der Waals surface area contributed by atoms with Gasteiger partial charge in [-0.1, -0.05) is 171 Å². The molecule has 1 aliphatic rings. The normalized spacial score (nSPS) is 14.4. The van der Waals surface area contributed by atoms with Gasteiger partial charge >= 0.3 is 0 Å². The summed E-state index contributed by atoms with van der Waals surface area (Å²) >= 11 is 0. The SMILES string of the molecule is CCC1(C)c2cc(N(c3ccc(C(C)(C)C)cc3)c3ncc(C)cc3-c3ccccc3)ccc2-c2c1cc(N(c1ccc(C(C)(C)C)cc1)c1ncc(C)cc1-c1cccc3c1oc1ccccc13)c1c2oc2ccccc21. The molecule has 78 heavy (non-hydrogen) atoms. The lowest BCUT2D eigenvalue weighted by molar-refractivity contribution is 0.564. The summed E-state index contributed by atoms with van der Waals surface area (Å²) < 4.78 is 14.1. The second kappa shape index (κ2) is 18.2. The summed E-state index contributed by atoms with van der Waals surface area (Å²) in [5.41, 5.74) is 20.5. The number of aryl methyl sites for hydroxylation is 2. The molecule has 0 fully saturated rings. The number of rotatable bonds is 9. The summed E-state index contributed by atoms with van der Waals surface area (Å²) in [6.07, 6.45) is 4.82. The van der Waals surface area contributed by atoms with E-state index in [2.05, 4.69) is 255 Å². The minimum atomic E-state index is -0.446. The van der Waals surface area contributed by atoms with Gasteiger partial charge in [0.2, 0.25) is 0 Å².